The monoisotopic (exact) mass is 284 g/mol. The number of carbonyl (C=O) groups excluding carboxylic acids is 1. The van der Waals surface area contributed by atoms with E-state index in [0.717, 1.165) is 23.5 Å². The van der Waals surface area contributed by atoms with Gasteiger partial charge in [0.15, 0.2) is 11.5 Å². The van der Waals surface area contributed by atoms with Gasteiger partial charge in [-0.2, -0.15) is 0 Å². The van der Waals surface area contributed by atoms with Crippen LogP contribution in [0.2, 0.25) is 0 Å². The van der Waals surface area contributed by atoms with Crippen LogP contribution in [0.1, 0.15) is 15.9 Å². The van der Waals surface area contributed by atoms with Gasteiger partial charge in [0.25, 0.3) is 5.91 Å². The molecule has 1 aromatic carbocycles. The van der Waals surface area contributed by atoms with Gasteiger partial charge in [0.05, 0.1) is 5.56 Å². The van der Waals surface area contributed by atoms with Crippen molar-refractivity contribution in [2.75, 3.05) is 19.8 Å². The Kier molecular flexibility index (Phi) is 4.00. The summed E-state index contributed by atoms with van der Waals surface area (Å²) in [6, 6.07) is 9.35. The number of hydrogen-bond donors (Lipinski definition) is 1. The SMILES string of the molecule is O=C(NCCc1ccc2c(c1)OCCO2)c1cccnc1. The molecule has 5 nitrogen and oxygen atoms in total. The van der Waals surface area contributed by atoms with Crippen LogP contribution < -0.4 is 14.8 Å². The molecule has 0 unspecified atom stereocenters. The second-order valence-corrected chi connectivity index (χ2v) is 4.73. The predicted octanol–water partition coefficient (Wildman–Crippen LogP) is 1.83. The number of carbonyl (C=O) groups is 1. The van der Waals surface area contributed by atoms with Crippen LogP contribution in [0.5, 0.6) is 11.5 Å². The van der Waals surface area contributed by atoms with E-state index in [4.69, 9.17) is 9.47 Å². The lowest BCUT2D eigenvalue weighted by Crippen LogP contribution is -2.25. The minimum absolute atomic E-state index is 0.111. The van der Waals surface area contributed by atoms with Crippen LogP contribution in [-0.4, -0.2) is 30.6 Å². The molecule has 0 bridgehead atoms. The number of nitrogens with zero attached hydrogens (tertiary/aromatic N) is 1. The second kappa shape index (κ2) is 6.26. The average molecular weight is 284 g/mol. The van der Waals surface area contributed by atoms with Crippen molar-refractivity contribution in [2.24, 2.45) is 0 Å². The first-order chi connectivity index (χ1) is 10.3. The largest absolute Gasteiger partial charge is 0.486 e. The molecular weight excluding hydrogens is 268 g/mol. The van der Waals surface area contributed by atoms with Gasteiger partial charge in [0.2, 0.25) is 0 Å². The van der Waals surface area contributed by atoms with Crippen molar-refractivity contribution < 1.29 is 14.3 Å². The zero-order valence-electron chi connectivity index (χ0n) is 11.5. The van der Waals surface area contributed by atoms with E-state index in [2.05, 4.69) is 10.3 Å². The van der Waals surface area contributed by atoms with Gasteiger partial charge in [0.1, 0.15) is 13.2 Å². The molecule has 2 heterocycles. The van der Waals surface area contributed by atoms with Gasteiger partial charge >= 0.3 is 0 Å². The van der Waals surface area contributed by atoms with Crippen LogP contribution in [0.25, 0.3) is 0 Å². The molecule has 0 atom stereocenters. The van der Waals surface area contributed by atoms with Gasteiger partial charge in [-0.25, -0.2) is 0 Å². The van der Waals surface area contributed by atoms with Crippen LogP contribution in [0.3, 0.4) is 0 Å². The number of pyridine rings is 1. The Hall–Kier alpha value is -2.56. The third kappa shape index (κ3) is 3.31. The van der Waals surface area contributed by atoms with E-state index in [9.17, 15) is 4.79 Å². The van der Waals surface area contributed by atoms with Crippen LogP contribution >= 0.6 is 0 Å². The van der Waals surface area contributed by atoms with Gasteiger partial charge in [-0.05, 0) is 36.2 Å². The molecule has 1 amide bonds. The highest BCUT2D eigenvalue weighted by atomic mass is 16.6. The molecular formula is C16H16N2O3. The molecule has 0 aliphatic carbocycles. The fraction of sp³-hybridized carbons (Fsp3) is 0.250. The molecule has 1 aromatic heterocycles. The van der Waals surface area contributed by atoms with Crippen LogP contribution in [0.4, 0.5) is 0 Å². The third-order valence-electron chi connectivity index (χ3n) is 3.23. The second-order valence-electron chi connectivity index (χ2n) is 4.73. The third-order valence-corrected chi connectivity index (χ3v) is 3.23. The molecule has 1 aliphatic heterocycles. The van der Waals surface area contributed by atoms with E-state index in [0.29, 0.717) is 25.3 Å². The zero-order chi connectivity index (χ0) is 14.5. The van der Waals surface area contributed by atoms with Gasteiger partial charge in [0, 0.05) is 18.9 Å². The standard InChI is InChI=1S/C16H16N2O3/c19-16(13-2-1-6-17-11-13)18-7-5-12-3-4-14-15(10-12)21-9-8-20-14/h1-4,6,10-11H,5,7-9H2,(H,18,19). The number of hydrogen-bond acceptors (Lipinski definition) is 4. The Balaban J connectivity index is 1.55. The fourth-order valence-corrected chi connectivity index (χ4v) is 2.16. The Morgan fingerprint density at radius 2 is 2.05 bits per heavy atom. The van der Waals surface area contributed by atoms with E-state index in [1.165, 1.54) is 0 Å². The first-order valence-electron chi connectivity index (χ1n) is 6.90. The Morgan fingerprint density at radius 3 is 2.86 bits per heavy atom. The topological polar surface area (TPSA) is 60.5 Å². The summed E-state index contributed by atoms with van der Waals surface area (Å²) in [5.41, 5.74) is 1.67. The lowest BCUT2D eigenvalue weighted by atomic mass is 10.1. The van der Waals surface area contributed by atoms with Gasteiger partial charge in [-0.15, -0.1) is 0 Å². The van der Waals surface area contributed by atoms with E-state index >= 15 is 0 Å². The number of aromatic nitrogens is 1. The highest BCUT2D eigenvalue weighted by molar-refractivity contribution is 5.93. The maximum atomic E-state index is 11.9. The minimum atomic E-state index is -0.111. The van der Waals surface area contributed by atoms with Gasteiger partial charge < -0.3 is 14.8 Å². The number of amides is 1. The molecule has 1 N–H and O–H groups in total. The summed E-state index contributed by atoms with van der Waals surface area (Å²) in [6.45, 7) is 1.73. The molecule has 0 saturated heterocycles. The van der Waals surface area contributed by atoms with E-state index in [1.54, 1.807) is 24.5 Å². The van der Waals surface area contributed by atoms with Crippen molar-refractivity contribution in [3.8, 4) is 11.5 Å². The summed E-state index contributed by atoms with van der Waals surface area (Å²) in [5, 5.41) is 2.88. The van der Waals surface area contributed by atoms with E-state index in [1.807, 2.05) is 18.2 Å². The minimum Gasteiger partial charge on any atom is -0.486 e. The Morgan fingerprint density at radius 1 is 1.19 bits per heavy atom. The van der Waals surface area contributed by atoms with Crippen molar-refractivity contribution >= 4 is 5.91 Å². The summed E-state index contributed by atoms with van der Waals surface area (Å²) < 4.78 is 11.0. The first-order valence-corrected chi connectivity index (χ1v) is 6.90. The summed E-state index contributed by atoms with van der Waals surface area (Å²) in [4.78, 5) is 15.8. The molecule has 0 saturated carbocycles. The number of benzene rings is 1. The molecule has 3 rings (SSSR count). The summed E-state index contributed by atoms with van der Waals surface area (Å²) in [7, 11) is 0. The van der Waals surface area contributed by atoms with Crippen LogP contribution in [0.15, 0.2) is 42.7 Å². The zero-order valence-corrected chi connectivity index (χ0v) is 11.5. The molecule has 2 aromatic rings. The van der Waals surface area contributed by atoms with Crippen LogP contribution in [0, 0.1) is 0 Å². The maximum absolute atomic E-state index is 11.9. The quantitative estimate of drug-likeness (QED) is 0.930. The predicted molar refractivity (Wildman–Crippen MR) is 77.7 cm³/mol. The molecule has 21 heavy (non-hydrogen) atoms. The molecule has 0 spiro atoms. The van der Waals surface area contributed by atoms with E-state index in [-0.39, 0.29) is 5.91 Å². The Bertz CT molecular complexity index is 629. The van der Waals surface area contributed by atoms with Crippen molar-refractivity contribution in [1.29, 1.82) is 0 Å². The van der Waals surface area contributed by atoms with Crippen molar-refractivity contribution in [1.82, 2.24) is 10.3 Å². The summed E-state index contributed by atoms with van der Waals surface area (Å²) in [6.07, 6.45) is 3.94. The maximum Gasteiger partial charge on any atom is 0.252 e. The number of ether oxygens (including phenoxy) is 2. The Labute approximate surface area is 122 Å². The summed E-state index contributed by atoms with van der Waals surface area (Å²) in [5.74, 6) is 1.45. The molecule has 108 valence electrons. The average Bonchev–Trinajstić information content (AvgIpc) is 2.55. The molecule has 0 fully saturated rings. The highest BCUT2D eigenvalue weighted by Gasteiger charge is 2.11. The lowest BCUT2D eigenvalue weighted by Gasteiger charge is -2.18. The molecule has 5 heteroatoms. The molecule has 0 radical (unpaired) electrons. The lowest BCUT2D eigenvalue weighted by molar-refractivity contribution is 0.0954. The highest BCUT2D eigenvalue weighted by Crippen LogP contribution is 2.30. The van der Waals surface area contributed by atoms with Crippen LogP contribution in [-0.2, 0) is 6.42 Å². The van der Waals surface area contributed by atoms with Gasteiger partial charge in [-0.3, -0.25) is 9.78 Å². The smallest absolute Gasteiger partial charge is 0.252 e. The summed E-state index contributed by atoms with van der Waals surface area (Å²) >= 11 is 0. The van der Waals surface area contributed by atoms with Gasteiger partial charge in [-0.1, -0.05) is 6.07 Å². The number of nitrogens with one attached hydrogen (secondary N) is 1. The van der Waals surface area contributed by atoms with Crippen molar-refractivity contribution in [3.63, 3.8) is 0 Å². The first kappa shape index (κ1) is 13.4. The number of fused-ring (bicyclic) bond motifs is 1. The van der Waals surface area contributed by atoms with Crippen molar-refractivity contribution in [3.05, 3.63) is 53.9 Å². The normalized spacial score (nSPS) is 12.8. The fourth-order valence-electron chi connectivity index (χ4n) is 2.16. The number of rotatable bonds is 4. The van der Waals surface area contributed by atoms with E-state index < -0.39 is 0 Å². The molecule has 1 aliphatic rings. The van der Waals surface area contributed by atoms with Crippen molar-refractivity contribution in [2.45, 2.75) is 6.42 Å².